The molecule has 1 atom stereocenters. The van der Waals surface area contributed by atoms with Crippen LogP contribution in [0.15, 0.2) is 0 Å². The molecule has 23 heavy (non-hydrogen) atoms. The molecule has 140 valence electrons. The van der Waals surface area contributed by atoms with Gasteiger partial charge in [-0.1, -0.05) is 91.9 Å². The minimum atomic E-state index is 0.0151. The molecule has 0 bridgehead atoms. The van der Waals surface area contributed by atoms with Gasteiger partial charge in [0.2, 0.25) is 0 Å². The summed E-state index contributed by atoms with van der Waals surface area (Å²) < 4.78 is 12.0. The highest BCUT2D eigenvalue weighted by molar-refractivity contribution is 4.53. The zero-order chi connectivity index (χ0) is 17.2. The Labute approximate surface area is 146 Å². The first-order valence-electron chi connectivity index (χ1n) is 10.4. The molecule has 0 amide bonds. The molecule has 0 aromatic carbocycles. The van der Waals surface area contributed by atoms with Crippen LogP contribution in [0.3, 0.4) is 0 Å². The van der Waals surface area contributed by atoms with E-state index < -0.39 is 0 Å². The molecule has 0 radical (unpaired) electrons. The summed E-state index contributed by atoms with van der Waals surface area (Å²) in [5.74, 6) is 0.633. The van der Waals surface area contributed by atoms with E-state index >= 15 is 0 Å². The Morgan fingerprint density at radius 3 is 1.35 bits per heavy atom. The van der Waals surface area contributed by atoms with E-state index in [2.05, 4.69) is 27.7 Å². The average molecular weight is 329 g/mol. The van der Waals surface area contributed by atoms with Crippen LogP contribution in [0.5, 0.6) is 0 Å². The second-order valence-electron chi connectivity index (χ2n) is 7.34. The minimum absolute atomic E-state index is 0.0151. The number of unbranched alkanes of at least 4 members (excludes halogenated alkanes) is 10. The Kier molecular flexibility index (Phi) is 18.2. The van der Waals surface area contributed by atoms with Crippen molar-refractivity contribution < 1.29 is 9.47 Å². The summed E-state index contributed by atoms with van der Waals surface area (Å²) in [5, 5.41) is 0. The average Bonchev–Trinajstić information content (AvgIpc) is 2.52. The number of hydrogen-bond donors (Lipinski definition) is 0. The van der Waals surface area contributed by atoms with E-state index in [4.69, 9.17) is 9.47 Å². The van der Waals surface area contributed by atoms with Gasteiger partial charge < -0.3 is 9.47 Å². The van der Waals surface area contributed by atoms with Gasteiger partial charge in [-0.05, 0) is 18.8 Å². The lowest BCUT2D eigenvalue weighted by Gasteiger charge is -2.20. The molecule has 1 unspecified atom stereocenters. The molecule has 2 nitrogen and oxygen atoms in total. The van der Waals surface area contributed by atoms with Gasteiger partial charge in [0.15, 0.2) is 6.29 Å². The maximum atomic E-state index is 5.99. The van der Waals surface area contributed by atoms with Crippen molar-refractivity contribution in [3.8, 4) is 0 Å². The third-order valence-electron chi connectivity index (χ3n) is 4.27. The molecule has 0 aliphatic rings. The van der Waals surface area contributed by atoms with Gasteiger partial charge in [-0.15, -0.1) is 0 Å². The molecule has 0 saturated heterocycles. The van der Waals surface area contributed by atoms with Crippen LogP contribution < -0.4 is 0 Å². The summed E-state index contributed by atoms with van der Waals surface area (Å²) >= 11 is 0. The summed E-state index contributed by atoms with van der Waals surface area (Å²) in [6.07, 6.45) is 16.8. The Bertz CT molecular complexity index is 216. The van der Waals surface area contributed by atoms with E-state index in [-0.39, 0.29) is 6.29 Å². The molecule has 0 heterocycles. The normalized spacial score (nSPS) is 12.9. The van der Waals surface area contributed by atoms with E-state index in [0.717, 1.165) is 19.6 Å². The molecule has 0 aromatic heterocycles. The van der Waals surface area contributed by atoms with Gasteiger partial charge in [0.25, 0.3) is 0 Å². The largest absolute Gasteiger partial charge is 0.353 e. The van der Waals surface area contributed by atoms with Crippen LogP contribution in [0.25, 0.3) is 0 Å². The van der Waals surface area contributed by atoms with Crippen molar-refractivity contribution >= 4 is 0 Å². The van der Waals surface area contributed by atoms with Crippen molar-refractivity contribution in [1.29, 1.82) is 0 Å². The summed E-state index contributed by atoms with van der Waals surface area (Å²) in [7, 11) is 0. The van der Waals surface area contributed by atoms with Crippen LogP contribution in [-0.2, 0) is 9.47 Å². The lowest BCUT2D eigenvalue weighted by atomic mass is 10.1. The maximum Gasteiger partial charge on any atom is 0.157 e. The monoisotopic (exact) mass is 328 g/mol. The van der Waals surface area contributed by atoms with Crippen LogP contribution in [0.4, 0.5) is 0 Å². The van der Waals surface area contributed by atoms with Crippen molar-refractivity contribution in [2.75, 3.05) is 13.2 Å². The maximum absolute atomic E-state index is 5.99. The predicted octanol–water partition coefficient (Wildman–Crippen LogP) is 7.11. The first-order chi connectivity index (χ1) is 11.2. The zero-order valence-electron chi connectivity index (χ0n) is 16.6. The summed E-state index contributed by atoms with van der Waals surface area (Å²) in [4.78, 5) is 0. The van der Waals surface area contributed by atoms with Gasteiger partial charge in [-0.25, -0.2) is 0 Å². The molecule has 0 saturated carbocycles. The zero-order valence-corrected chi connectivity index (χ0v) is 16.6. The van der Waals surface area contributed by atoms with Gasteiger partial charge in [0.05, 0.1) is 0 Å². The van der Waals surface area contributed by atoms with E-state index in [1.807, 2.05) is 0 Å². The lowest BCUT2D eigenvalue weighted by Crippen LogP contribution is -2.21. The van der Waals surface area contributed by atoms with Crippen LogP contribution >= 0.6 is 0 Å². The van der Waals surface area contributed by atoms with E-state index in [1.165, 1.54) is 77.0 Å². The molecule has 0 aromatic rings. The van der Waals surface area contributed by atoms with Crippen LogP contribution in [0, 0.1) is 5.92 Å². The second kappa shape index (κ2) is 18.3. The quantitative estimate of drug-likeness (QED) is 0.197. The van der Waals surface area contributed by atoms with Crippen LogP contribution in [0.2, 0.25) is 0 Å². The fourth-order valence-electron chi connectivity index (χ4n) is 2.76. The van der Waals surface area contributed by atoms with E-state index in [0.29, 0.717) is 5.92 Å². The van der Waals surface area contributed by atoms with Crippen molar-refractivity contribution in [1.82, 2.24) is 0 Å². The van der Waals surface area contributed by atoms with Crippen molar-refractivity contribution in [3.05, 3.63) is 0 Å². The van der Waals surface area contributed by atoms with Gasteiger partial charge in [-0.3, -0.25) is 0 Å². The molecule has 0 rings (SSSR count). The lowest BCUT2D eigenvalue weighted by molar-refractivity contribution is -0.152. The molecular weight excluding hydrogens is 284 g/mol. The molecule has 0 aliphatic heterocycles. The Balaban J connectivity index is 3.59. The predicted molar refractivity (Wildman–Crippen MR) is 102 cm³/mol. The van der Waals surface area contributed by atoms with E-state index in [9.17, 15) is 0 Å². The second-order valence-corrected chi connectivity index (χ2v) is 7.34. The van der Waals surface area contributed by atoms with Gasteiger partial charge in [-0.2, -0.15) is 0 Å². The Morgan fingerprint density at radius 2 is 0.957 bits per heavy atom. The number of hydrogen-bond acceptors (Lipinski definition) is 2. The summed E-state index contributed by atoms with van der Waals surface area (Å²) in [6.45, 7) is 10.7. The highest BCUT2D eigenvalue weighted by Gasteiger charge is 2.11. The minimum Gasteiger partial charge on any atom is -0.353 e. The summed E-state index contributed by atoms with van der Waals surface area (Å²) in [5.41, 5.74) is 0. The fraction of sp³-hybridized carbons (Fsp3) is 1.00. The molecule has 0 fully saturated rings. The van der Waals surface area contributed by atoms with Gasteiger partial charge in [0, 0.05) is 19.6 Å². The highest BCUT2D eigenvalue weighted by Crippen LogP contribution is 2.13. The van der Waals surface area contributed by atoms with Crippen molar-refractivity contribution in [3.63, 3.8) is 0 Å². The number of rotatable bonds is 18. The standard InChI is InChI=1S/C21H44O2/c1-5-7-9-11-12-14-16-18-23-21(19-20(3)4)22-17-15-13-10-8-6-2/h20-21H,5-19H2,1-4H3. The van der Waals surface area contributed by atoms with E-state index in [1.54, 1.807) is 0 Å². The third-order valence-corrected chi connectivity index (χ3v) is 4.27. The highest BCUT2D eigenvalue weighted by atomic mass is 16.7. The van der Waals surface area contributed by atoms with Gasteiger partial charge in [0.1, 0.15) is 0 Å². The van der Waals surface area contributed by atoms with Crippen molar-refractivity contribution in [2.45, 2.75) is 117 Å². The Hall–Kier alpha value is -0.0800. The topological polar surface area (TPSA) is 18.5 Å². The number of ether oxygens (including phenoxy) is 2. The molecule has 0 spiro atoms. The molecular formula is C21H44O2. The van der Waals surface area contributed by atoms with Crippen molar-refractivity contribution in [2.24, 2.45) is 5.92 Å². The summed E-state index contributed by atoms with van der Waals surface area (Å²) in [6, 6.07) is 0. The fourth-order valence-corrected chi connectivity index (χ4v) is 2.76. The first-order valence-corrected chi connectivity index (χ1v) is 10.4. The van der Waals surface area contributed by atoms with Crippen LogP contribution in [-0.4, -0.2) is 19.5 Å². The first kappa shape index (κ1) is 22.9. The van der Waals surface area contributed by atoms with Gasteiger partial charge >= 0.3 is 0 Å². The Morgan fingerprint density at radius 1 is 0.565 bits per heavy atom. The SMILES string of the molecule is CCCCCCCCCOC(CC(C)C)OCCCCCCC. The molecule has 0 N–H and O–H groups in total. The van der Waals surface area contributed by atoms with Crippen LogP contribution in [0.1, 0.15) is 111 Å². The molecule has 0 aliphatic carbocycles. The third kappa shape index (κ3) is 18.1. The smallest absolute Gasteiger partial charge is 0.157 e. The molecule has 2 heteroatoms.